The van der Waals surface area contributed by atoms with E-state index in [2.05, 4.69) is 10.4 Å². The molecule has 5 nitrogen and oxygen atoms in total. The lowest BCUT2D eigenvalue weighted by Crippen LogP contribution is -2.19. The number of nitrogens with one attached hydrogen (secondary N) is 1. The van der Waals surface area contributed by atoms with Crippen molar-refractivity contribution < 1.29 is 18.0 Å². The molecule has 1 aromatic carbocycles. The first kappa shape index (κ1) is 16.0. The quantitative estimate of drug-likeness (QED) is 0.860. The van der Waals surface area contributed by atoms with E-state index in [0.29, 0.717) is 18.7 Å². The standard InChI is InChI=1S/C14H15F3N4O/c1-20(2)5-6-21-4-3-12(19-21)18-14(22)9-7-10(15)13(17)11(16)8-9/h3-4,7-8H,5-6H2,1-2H3,(H,18,19,22). The van der Waals surface area contributed by atoms with E-state index in [4.69, 9.17) is 0 Å². The zero-order valence-corrected chi connectivity index (χ0v) is 12.1. The Morgan fingerprint density at radius 3 is 2.50 bits per heavy atom. The molecule has 1 aromatic heterocycles. The van der Waals surface area contributed by atoms with Crippen LogP contribution in [0, 0.1) is 17.5 Å². The summed E-state index contributed by atoms with van der Waals surface area (Å²) in [6.45, 7) is 1.39. The van der Waals surface area contributed by atoms with Crippen LogP contribution < -0.4 is 5.32 Å². The Bertz CT molecular complexity index is 661. The molecule has 0 bridgehead atoms. The molecule has 0 aliphatic heterocycles. The maximum Gasteiger partial charge on any atom is 0.257 e. The van der Waals surface area contributed by atoms with Crippen LogP contribution >= 0.6 is 0 Å². The lowest BCUT2D eigenvalue weighted by Gasteiger charge is -2.08. The predicted octanol–water partition coefficient (Wildman–Crippen LogP) is 2.11. The van der Waals surface area contributed by atoms with E-state index in [1.165, 1.54) is 0 Å². The highest BCUT2D eigenvalue weighted by molar-refractivity contribution is 6.03. The van der Waals surface area contributed by atoms with Gasteiger partial charge in [0, 0.05) is 24.4 Å². The van der Waals surface area contributed by atoms with Crippen LogP contribution in [0.25, 0.3) is 0 Å². The molecule has 0 unspecified atom stereocenters. The van der Waals surface area contributed by atoms with Crippen molar-refractivity contribution in [2.45, 2.75) is 6.54 Å². The number of amides is 1. The first-order chi connectivity index (χ1) is 10.4. The van der Waals surface area contributed by atoms with E-state index in [-0.39, 0.29) is 11.4 Å². The molecule has 0 aliphatic carbocycles. The normalized spacial score (nSPS) is 11.0. The van der Waals surface area contributed by atoms with Crippen molar-refractivity contribution in [2.24, 2.45) is 0 Å². The summed E-state index contributed by atoms with van der Waals surface area (Å²) in [7, 11) is 3.84. The predicted molar refractivity (Wildman–Crippen MR) is 75.1 cm³/mol. The fraction of sp³-hybridized carbons (Fsp3) is 0.286. The Balaban J connectivity index is 2.06. The van der Waals surface area contributed by atoms with Gasteiger partial charge in [0.25, 0.3) is 5.91 Å². The maximum atomic E-state index is 13.1. The SMILES string of the molecule is CN(C)CCn1ccc(NC(=O)c2cc(F)c(F)c(F)c2)n1. The van der Waals surface area contributed by atoms with E-state index in [9.17, 15) is 18.0 Å². The van der Waals surface area contributed by atoms with Crippen molar-refractivity contribution in [1.29, 1.82) is 0 Å². The molecule has 0 fully saturated rings. The van der Waals surface area contributed by atoms with Gasteiger partial charge < -0.3 is 10.2 Å². The molecule has 0 atom stereocenters. The molecule has 0 aliphatic rings. The largest absolute Gasteiger partial charge is 0.308 e. The number of benzene rings is 1. The van der Waals surface area contributed by atoms with Crippen molar-refractivity contribution in [2.75, 3.05) is 26.0 Å². The summed E-state index contributed by atoms with van der Waals surface area (Å²) in [4.78, 5) is 13.9. The van der Waals surface area contributed by atoms with Gasteiger partial charge in [-0.15, -0.1) is 0 Å². The average molecular weight is 312 g/mol. The number of likely N-dealkylation sites (N-methyl/N-ethyl adjacent to an activating group) is 1. The number of halogens is 3. The van der Waals surface area contributed by atoms with Crippen LogP contribution in [0.5, 0.6) is 0 Å². The van der Waals surface area contributed by atoms with Crippen LogP contribution in [0.1, 0.15) is 10.4 Å². The van der Waals surface area contributed by atoms with Crippen LogP contribution in [-0.2, 0) is 6.54 Å². The molecule has 0 radical (unpaired) electrons. The first-order valence-corrected chi connectivity index (χ1v) is 6.51. The molecule has 2 aromatic rings. The Morgan fingerprint density at radius 1 is 1.27 bits per heavy atom. The minimum atomic E-state index is -1.61. The molecule has 0 saturated heterocycles. The molecular weight excluding hydrogens is 297 g/mol. The number of nitrogens with zero attached hydrogens (tertiary/aromatic N) is 3. The third-order valence-electron chi connectivity index (χ3n) is 2.90. The van der Waals surface area contributed by atoms with Crippen molar-refractivity contribution in [3.05, 3.63) is 47.4 Å². The molecule has 8 heteroatoms. The van der Waals surface area contributed by atoms with Crippen LogP contribution in [0.15, 0.2) is 24.4 Å². The van der Waals surface area contributed by atoms with Crippen molar-refractivity contribution in [1.82, 2.24) is 14.7 Å². The summed E-state index contributed by atoms with van der Waals surface area (Å²) in [5.41, 5.74) is -0.320. The van der Waals surface area contributed by atoms with Crippen molar-refractivity contribution in [3.63, 3.8) is 0 Å². The number of hydrogen-bond acceptors (Lipinski definition) is 3. The van der Waals surface area contributed by atoms with Crippen LogP contribution in [0.4, 0.5) is 19.0 Å². The second kappa shape index (κ2) is 6.61. The van der Waals surface area contributed by atoms with E-state index < -0.39 is 23.4 Å². The highest BCUT2D eigenvalue weighted by Crippen LogP contribution is 2.15. The number of anilines is 1. The highest BCUT2D eigenvalue weighted by atomic mass is 19.2. The number of aromatic nitrogens is 2. The Kier molecular flexibility index (Phi) is 4.81. The molecule has 1 amide bonds. The minimum absolute atomic E-state index is 0.244. The van der Waals surface area contributed by atoms with Gasteiger partial charge in [0.2, 0.25) is 0 Å². The second-order valence-corrected chi connectivity index (χ2v) is 4.98. The highest BCUT2D eigenvalue weighted by Gasteiger charge is 2.15. The first-order valence-electron chi connectivity index (χ1n) is 6.51. The second-order valence-electron chi connectivity index (χ2n) is 4.98. The number of rotatable bonds is 5. The molecule has 118 valence electrons. The van der Waals surface area contributed by atoms with Gasteiger partial charge in [-0.05, 0) is 26.2 Å². The Hall–Kier alpha value is -2.35. The number of carbonyl (C=O) groups excluding carboxylic acids is 1. The lowest BCUT2D eigenvalue weighted by atomic mass is 10.2. The van der Waals surface area contributed by atoms with E-state index in [1.807, 2.05) is 19.0 Å². The van der Waals surface area contributed by atoms with Gasteiger partial charge in [-0.25, -0.2) is 13.2 Å². The summed E-state index contributed by atoms with van der Waals surface area (Å²) in [5.74, 6) is -4.96. The smallest absolute Gasteiger partial charge is 0.257 e. The Labute approximate surface area is 125 Å². The van der Waals surface area contributed by atoms with Crippen LogP contribution in [0.3, 0.4) is 0 Å². The van der Waals surface area contributed by atoms with Gasteiger partial charge in [0.05, 0.1) is 6.54 Å². The molecule has 22 heavy (non-hydrogen) atoms. The van der Waals surface area contributed by atoms with Crippen LogP contribution in [-0.4, -0.2) is 41.2 Å². The van der Waals surface area contributed by atoms with E-state index >= 15 is 0 Å². The van der Waals surface area contributed by atoms with E-state index in [1.54, 1.807) is 16.9 Å². The molecule has 0 spiro atoms. The zero-order chi connectivity index (χ0) is 16.3. The third kappa shape index (κ3) is 3.85. The molecule has 1 N–H and O–H groups in total. The summed E-state index contributed by atoms with van der Waals surface area (Å²) in [6, 6.07) is 2.83. The average Bonchev–Trinajstić information content (AvgIpc) is 2.89. The molecular formula is C14H15F3N4O. The summed E-state index contributed by atoms with van der Waals surface area (Å²) >= 11 is 0. The fourth-order valence-electron chi connectivity index (χ4n) is 1.73. The number of carbonyl (C=O) groups is 1. The maximum absolute atomic E-state index is 13.1. The molecule has 1 heterocycles. The van der Waals surface area contributed by atoms with Crippen LogP contribution in [0.2, 0.25) is 0 Å². The van der Waals surface area contributed by atoms with Gasteiger partial charge >= 0.3 is 0 Å². The molecule has 0 saturated carbocycles. The van der Waals surface area contributed by atoms with E-state index in [0.717, 1.165) is 6.54 Å². The third-order valence-corrected chi connectivity index (χ3v) is 2.90. The summed E-state index contributed by atoms with van der Waals surface area (Å²) in [6.07, 6.45) is 1.67. The van der Waals surface area contributed by atoms with Gasteiger partial charge in [-0.2, -0.15) is 5.10 Å². The summed E-state index contributed by atoms with van der Waals surface area (Å²) < 4.78 is 40.7. The monoisotopic (exact) mass is 312 g/mol. The van der Waals surface area contributed by atoms with Gasteiger partial charge in [-0.3, -0.25) is 9.48 Å². The van der Waals surface area contributed by atoms with Gasteiger partial charge in [-0.1, -0.05) is 0 Å². The van der Waals surface area contributed by atoms with Crippen molar-refractivity contribution in [3.8, 4) is 0 Å². The zero-order valence-electron chi connectivity index (χ0n) is 12.1. The molecule has 2 rings (SSSR count). The Morgan fingerprint density at radius 2 is 1.91 bits per heavy atom. The minimum Gasteiger partial charge on any atom is -0.308 e. The van der Waals surface area contributed by atoms with Gasteiger partial charge in [0.1, 0.15) is 0 Å². The topological polar surface area (TPSA) is 50.2 Å². The number of hydrogen-bond donors (Lipinski definition) is 1. The van der Waals surface area contributed by atoms with Crippen molar-refractivity contribution >= 4 is 11.7 Å². The van der Waals surface area contributed by atoms with Gasteiger partial charge in [0.15, 0.2) is 23.3 Å². The summed E-state index contributed by atoms with van der Waals surface area (Å²) in [5, 5.41) is 6.51. The fourth-order valence-corrected chi connectivity index (χ4v) is 1.73. The lowest BCUT2D eigenvalue weighted by molar-refractivity contribution is 0.102.